The summed E-state index contributed by atoms with van der Waals surface area (Å²) in [5.41, 5.74) is 7.19. The third kappa shape index (κ3) is 4.91. The van der Waals surface area contributed by atoms with Gasteiger partial charge in [-0.25, -0.2) is 9.48 Å². The largest absolute Gasteiger partial charge is 0.465 e. The van der Waals surface area contributed by atoms with Crippen molar-refractivity contribution >= 4 is 5.97 Å². The van der Waals surface area contributed by atoms with Crippen LogP contribution in [0.4, 0.5) is 0 Å². The minimum Gasteiger partial charge on any atom is -0.465 e. The van der Waals surface area contributed by atoms with Gasteiger partial charge in [0.2, 0.25) is 5.82 Å². The molecule has 6 rings (SSSR count). The van der Waals surface area contributed by atoms with Crippen molar-refractivity contribution in [1.29, 1.82) is 0 Å². The van der Waals surface area contributed by atoms with Gasteiger partial charge in [0.15, 0.2) is 0 Å². The summed E-state index contributed by atoms with van der Waals surface area (Å²) in [4.78, 5) is 26.2. The Labute approximate surface area is 237 Å². The molecule has 1 atom stereocenters. The Bertz CT molecular complexity index is 1780. The van der Waals surface area contributed by atoms with Crippen molar-refractivity contribution in [3.63, 3.8) is 0 Å². The number of benzene rings is 3. The molecule has 9 heteroatoms. The number of aromatic nitrogens is 6. The number of nitrogens with zero attached hydrogens (tertiary/aromatic N) is 5. The minimum atomic E-state index is -0.398. The molecule has 3 heterocycles. The van der Waals surface area contributed by atoms with E-state index < -0.39 is 5.97 Å². The first-order chi connectivity index (χ1) is 20.1. The fraction of sp³-hybridized carbons (Fsp3) is 0.219. The van der Waals surface area contributed by atoms with Crippen LogP contribution in [0.15, 0.2) is 89.7 Å². The SMILES string of the molecule is CCCc1c(Cc2ccc(-c3ccccc3-c3nn[nH]n3)cc2)c(=O)n2n1CC=CC2c1cccc(C(=O)OC)c1. The molecule has 206 valence electrons. The zero-order chi connectivity index (χ0) is 28.3. The van der Waals surface area contributed by atoms with Crippen LogP contribution in [-0.4, -0.2) is 43.1 Å². The minimum absolute atomic E-state index is 0.00204. The zero-order valence-corrected chi connectivity index (χ0v) is 22.9. The molecule has 2 aromatic heterocycles. The van der Waals surface area contributed by atoms with Gasteiger partial charge in [-0.05, 0) is 46.0 Å². The van der Waals surface area contributed by atoms with Gasteiger partial charge >= 0.3 is 5.97 Å². The lowest BCUT2D eigenvalue weighted by atomic mass is 9.96. The second kappa shape index (κ2) is 11.2. The van der Waals surface area contributed by atoms with Gasteiger partial charge in [-0.15, -0.1) is 10.2 Å². The van der Waals surface area contributed by atoms with Crippen LogP contribution < -0.4 is 5.56 Å². The maximum Gasteiger partial charge on any atom is 0.337 e. The Kier molecular flexibility index (Phi) is 7.16. The van der Waals surface area contributed by atoms with Crippen molar-refractivity contribution in [2.24, 2.45) is 0 Å². The van der Waals surface area contributed by atoms with Crippen LogP contribution >= 0.6 is 0 Å². The smallest absolute Gasteiger partial charge is 0.337 e. The van der Waals surface area contributed by atoms with Gasteiger partial charge in [-0.2, -0.15) is 5.21 Å². The number of rotatable bonds is 8. The van der Waals surface area contributed by atoms with E-state index in [-0.39, 0.29) is 11.6 Å². The number of esters is 1. The van der Waals surface area contributed by atoms with Crippen molar-refractivity contribution in [3.8, 4) is 22.5 Å². The molecule has 5 aromatic rings. The Hall–Kier alpha value is -5.05. The quantitative estimate of drug-likeness (QED) is 0.217. The molecular formula is C32H30N6O3. The predicted molar refractivity (Wildman–Crippen MR) is 156 cm³/mol. The topological polar surface area (TPSA) is 108 Å². The molecular weight excluding hydrogens is 516 g/mol. The van der Waals surface area contributed by atoms with Gasteiger partial charge < -0.3 is 4.74 Å². The molecule has 0 bridgehead atoms. The Morgan fingerprint density at radius 3 is 2.59 bits per heavy atom. The van der Waals surface area contributed by atoms with Crippen LogP contribution in [0.1, 0.15) is 52.1 Å². The second-order valence-corrected chi connectivity index (χ2v) is 10.1. The normalized spacial score (nSPS) is 14.1. The first-order valence-corrected chi connectivity index (χ1v) is 13.7. The highest BCUT2D eigenvalue weighted by atomic mass is 16.5. The van der Waals surface area contributed by atoms with Gasteiger partial charge in [-0.1, -0.05) is 86.2 Å². The van der Waals surface area contributed by atoms with Gasteiger partial charge in [0.25, 0.3) is 5.56 Å². The lowest BCUT2D eigenvalue weighted by Gasteiger charge is -2.24. The van der Waals surface area contributed by atoms with E-state index >= 15 is 0 Å². The molecule has 1 unspecified atom stereocenters. The van der Waals surface area contributed by atoms with E-state index in [1.54, 1.807) is 12.1 Å². The van der Waals surface area contributed by atoms with Gasteiger partial charge in [0, 0.05) is 23.2 Å². The summed E-state index contributed by atoms with van der Waals surface area (Å²) in [6.07, 6.45) is 6.38. The summed E-state index contributed by atoms with van der Waals surface area (Å²) >= 11 is 0. The molecule has 41 heavy (non-hydrogen) atoms. The third-order valence-electron chi connectivity index (χ3n) is 7.54. The number of nitrogens with one attached hydrogen (secondary N) is 1. The van der Waals surface area contributed by atoms with Crippen molar-refractivity contribution < 1.29 is 9.53 Å². The lowest BCUT2D eigenvalue weighted by Crippen LogP contribution is -2.31. The summed E-state index contributed by atoms with van der Waals surface area (Å²) in [7, 11) is 1.37. The van der Waals surface area contributed by atoms with Gasteiger partial charge in [0.1, 0.15) is 0 Å². The van der Waals surface area contributed by atoms with Crippen LogP contribution in [0.5, 0.6) is 0 Å². The first-order valence-electron chi connectivity index (χ1n) is 13.7. The average Bonchev–Trinajstić information content (AvgIpc) is 3.65. The average molecular weight is 547 g/mol. The van der Waals surface area contributed by atoms with Crippen LogP contribution in [0.25, 0.3) is 22.5 Å². The van der Waals surface area contributed by atoms with Crippen molar-refractivity contribution in [2.75, 3.05) is 7.11 Å². The molecule has 0 fully saturated rings. The summed E-state index contributed by atoms with van der Waals surface area (Å²) < 4.78 is 8.86. The van der Waals surface area contributed by atoms with Crippen molar-refractivity contribution in [3.05, 3.63) is 123 Å². The molecule has 0 saturated carbocycles. The van der Waals surface area contributed by atoms with Crippen LogP contribution in [0, 0.1) is 0 Å². The standard InChI is InChI=1S/C32H30N6O3/c1-3-8-29-27(19-21-14-16-22(17-15-21)25-11-4-5-12-26(25)30-33-35-36-34-30)31(39)38-28(13-7-18-37(29)38)23-9-6-10-24(20-23)32(40)41-2/h4-7,9-17,20,28H,3,8,18-19H2,1-2H3,(H,33,34,35,36). The number of ether oxygens (including phenoxy) is 1. The molecule has 1 aliphatic heterocycles. The Morgan fingerprint density at radius 1 is 1.05 bits per heavy atom. The fourth-order valence-corrected chi connectivity index (χ4v) is 5.63. The van der Waals surface area contributed by atoms with E-state index in [0.717, 1.165) is 51.9 Å². The van der Waals surface area contributed by atoms with Gasteiger partial charge in [0.05, 0.1) is 25.3 Å². The third-order valence-corrected chi connectivity index (χ3v) is 7.54. The number of H-pyrrole nitrogens is 1. The number of hydrogen-bond acceptors (Lipinski definition) is 6. The monoisotopic (exact) mass is 546 g/mol. The number of aromatic amines is 1. The first kappa shape index (κ1) is 26.2. The predicted octanol–water partition coefficient (Wildman–Crippen LogP) is 4.99. The van der Waals surface area contributed by atoms with E-state index in [2.05, 4.69) is 62.6 Å². The molecule has 9 nitrogen and oxygen atoms in total. The number of carbonyl (C=O) groups is 1. The summed E-state index contributed by atoms with van der Waals surface area (Å²) in [5, 5.41) is 14.5. The fourth-order valence-electron chi connectivity index (χ4n) is 5.63. The van der Waals surface area contributed by atoms with Crippen LogP contribution in [-0.2, 0) is 24.1 Å². The molecule has 0 spiro atoms. The summed E-state index contributed by atoms with van der Waals surface area (Å²) in [5.74, 6) is 0.145. The van der Waals surface area contributed by atoms with Crippen LogP contribution in [0.2, 0.25) is 0 Å². The Morgan fingerprint density at radius 2 is 1.85 bits per heavy atom. The molecule has 0 aliphatic carbocycles. The van der Waals surface area contributed by atoms with E-state index in [1.807, 2.05) is 47.2 Å². The molecule has 1 N–H and O–H groups in total. The molecule has 0 amide bonds. The van der Waals surface area contributed by atoms with Crippen LogP contribution in [0.3, 0.4) is 0 Å². The number of hydrogen-bond donors (Lipinski definition) is 1. The number of allylic oxidation sites excluding steroid dienone is 2. The maximum absolute atomic E-state index is 14.0. The molecule has 0 radical (unpaired) electrons. The highest BCUT2D eigenvalue weighted by Crippen LogP contribution is 2.31. The summed E-state index contributed by atoms with van der Waals surface area (Å²) in [6, 6.07) is 23.2. The van der Waals surface area contributed by atoms with E-state index in [0.29, 0.717) is 24.4 Å². The highest BCUT2D eigenvalue weighted by Gasteiger charge is 2.27. The highest BCUT2D eigenvalue weighted by molar-refractivity contribution is 5.89. The van der Waals surface area contributed by atoms with E-state index in [1.165, 1.54) is 7.11 Å². The number of fused-ring (bicyclic) bond motifs is 1. The molecule has 0 saturated heterocycles. The number of carbonyl (C=O) groups excluding carboxylic acids is 1. The summed E-state index contributed by atoms with van der Waals surface area (Å²) in [6.45, 7) is 2.76. The van der Waals surface area contributed by atoms with Crippen molar-refractivity contribution in [1.82, 2.24) is 30.0 Å². The maximum atomic E-state index is 14.0. The van der Waals surface area contributed by atoms with E-state index in [9.17, 15) is 9.59 Å². The van der Waals surface area contributed by atoms with Crippen molar-refractivity contribution in [2.45, 2.75) is 38.8 Å². The Balaban J connectivity index is 1.35. The number of tetrazole rings is 1. The number of methoxy groups -OCH3 is 1. The molecule has 1 aliphatic rings. The van der Waals surface area contributed by atoms with E-state index in [4.69, 9.17) is 4.74 Å². The second-order valence-electron chi connectivity index (χ2n) is 10.1. The lowest BCUT2D eigenvalue weighted by molar-refractivity contribution is 0.0600. The van der Waals surface area contributed by atoms with Gasteiger partial charge in [-0.3, -0.25) is 9.48 Å². The molecule has 3 aromatic carbocycles. The zero-order valence-electron chi connectivity index (χ0n) is 22.9.